The Kier molecular flexibility index (Phi) is 1.84. The van der Waals surface area contributed by atoms with Gasteiger partial charge in [-0.05, 0) is 17.2 Å². The highest BCUT2D eigenvalue weighted by Gasteiger charge is 2.26. The Morgan fingerprint density at radius 2 is 1.46 bits per heavy atom. The summed E-state index contributed by atoms with van der Waals surface area (Å²) in [7, 11) is 0. The SMILES string of the molecule is C1=CN2CCCN3C=CSC3=C2S1. The number of hydrogen-bond donors (Lipinski definition) is 0. The molecule has 0 bridgehead atoms. The number of thioether (sulfide) groups is 2. The lowest BCUT2D eigenvalue weighted by atomic mass is 10.4. The van der Waals surface area contributed by atoms with E-state index in [1.54, 1.807) is 0 Å². The molecule has 2 nitrogen and oxygen atoms in total. The molecule has 3 aliphatic heterocycles. The predicted octanol–water partition coefficient (Wildman–Crippen LogP) is 2.56. The van der Waals surface area contributed by atoms with Crippen LogP contribution in [0, 0.1) is 0 Å². The van der Waals surface area contributed by atoms with E-state index in [1.807, 2.05) is 23.5 Å². The van der Waals surface area contributed by atoms with Crippen LogP contribution in [0.4, 0.5) is 0 Å². The molecule has 0 radical (unpaired) electrons. The van der Waals surface area contributed by atoms with Crippen LogP contribution >= 0.6 is 23.5 Å². The minimum atomic E-state index is 1.16. The first-order valence-corrected chi connectivity index (χ1v) is 6.15. The Hall–Kier alpha value is -0.480. The summed E-state index contributed by atoms with van der Waals surface area (Å²) in [6, 6.07) is 0. The van der Waals surface area contributed by atoms with E-state index in [9.17, 15) is 0 Å². The van der Waals surface area contributed by atoms with Gasteiger partial charge in [0.2, 0.25) is 0 Å². The molecule has 3 heterocycles. The summed E-state index contributed by atoms with van der Waals surface area (Å²) >= 11 is 3.68. The normalized spacial score (nSPS) is 25.2. The molecule has 0 atom stereocenters. The molecule has 0 saturated heterocycles. The molecule has 0 spiro atoms. The molecule has 13 heavy (non-hydrogen) atoms. The van der Waals surface area contributed by atoms with Crippen molar-refractivity contribution in [1.82, 2.24) is 9.80 Å². The third-order valence-electron chi connectivity index (χ3n) is 2.34. The van der Waals surface area contributed by atoms with Crippen LogP contribution in [-0.4, -0.2) is 22.9 Å². The second-order valence-corrected chi connectivity index (χ2v) is 4.95. The highest BCUT2D eigenvalue weighted by Crippen LogP contribution is 2.42. The summed E-state index contributed by atoms with van der Waals surface area (Å²) in [5.41, 5.74) is 0. The summed E-state index contributed by atoms with van der Waals surface area (Å²) in [5.74, 6) is 0. The van der Waals surface area contributed by atoms with Gasteiger partial charge in [0.05, 0.1) is 0 Å². The summed E-state index contributed by atoms with van der Waals surface area (Å²) in [6.07, 6.45) is 5.62. The Morgan fingerprint density at radius 3 is 2.00 bits per heavy atom. The van der Waals surface area contributed by atoms with Gasteiger partial charge in [-0.3, -0.25) is 0 Å². The second kappa shape index (κ2) is 3.03. The van der Waals surface area contributed by atoms with Crippen LogP contribution in [0.2, 0.25) is 0 Å². The maximum Gasteiger partial charge on any atom is 0.110 e. The Labute approximate surface area is 86.3 Å². The zero-order valence-corrected chi connectivity index (χ0v) is 8.77. The fourth-order valence-electron chi connectivity index (χ4n) is 1.72. The fraction of sp³-hybridized carbons (Fsp3) is 0.333. The topological polar surface area (TPSA) is 6.48 Å². The second-order valence-electron chi connectivity index (χ2n) is 3.16. The van der Waals surface area contributed by atoms with Crippen LogP contribution < -0.4 is 0 Å². The Balaban J connectivity index is 2.01. The van der Waals surface area contributed by atoms with Gasteiger partial charge in [0.25, 0.3) is 0 Å². The van der Waals surface area contributed by atoms with Crippen LogP contribution in [0.5, 0.6) is 0 Å². The van der Waals surface area contributed by atoms with E-state index in [1.165, 1.54) is 16.5 Å². The zero-order valence-electron chi connectivity index (χ0n) is 7.14. The summed E-state index contributed by atoms with van der Waals surface area (Å²) in [4.78, 5) is 4.72. The van der Waals surface area contributed by atoms with E-state index in [0.29, 0.717) is 0 Å². The molecular weight excluding hydrogens is 200 g/mol. The van der Waals surface area contributed by atoms with Crippen LogP contribution in [0.15, 0.2) is 33.3 Å². The van der Waals surface area contributed by atoms with Crippen molar-refractivity contribution in [2.24, 2.45) is 0 Å². The number of fused-ring (bicyclic) bond motifs is 2. The van der Waals surface area contributed by atoms with Crippen LogP contribution in [0.3, 0.4) is 0 Å². The van der Waals surface area contributed by atoms with Crippen molar-refractivity contribution >= 4 is 23.5 Å². The van der Waals surface area contributed by atoms with Crippen molar-refractivity contribution in [1.29, 1.82) is 0 Å². The summed E-state index contributed by atoms with van der Waals surface area (Å²) < 4.78 is 0. The molecule has 3 rings (SSSR count). The maximum absolute atomic E-state index is 2.36. The van der Waals surface area contributed by atoms with E-state index in [2.05, 4.69) is 33.0 Å². The molecular formula is C9H10N2S2. The number of rotatable bonds is 0. The number of hydrogen-bond acceptors (Lipinski definition) is 4. The largest absolute Gasteiger partial charge is 0.340 e. The van der Waals surface area contributed by atoms with Crippen molar-refractivity contribution in [3.8, 4) is 0 Å². The van der Waals surface area contributed by atoms with Crippen molar-refractivity contribution in [3.63, 3.8) is 0 Å². The van der Waals surface area contributed by atoms with Crippen molar-refractivity contribution < 1.29 is 0 Å². The molecule has 0 unspecified atom stereocenters. The molecule has 0 aromatic carbocycles. The molecule has 0 fully saturated rings. The molecule has 0 aliphatic carbocycles. The van der Waals surface area contributed by atoms with Gasteiger partial charge in [0.15, 0.2) is 0 Å². The van der Waals surface area contributed by atoms with Crippen molar-refractivity contribution in [2.75, 3.05) is 13.1 Å². The monoisotopic (exact) mass is 210 g/mol. The quantitative estimate of drug-likeness (QED) is 0.606. The first-order valence-electron chi connectivity index (χ1n) is 4.39. The smallest absolute Gasteiger partial charge is 0.110 e. The molecule has 0 N–H and O–H groups in total. The van der Waals surface area contributed by atoms with Gasteiger partial charge in [0.1, 0.15) is 10.1 Å². The average Bonchev–Trinajstić information content (AvgIpc) is 2.72. The van der Waals surface area contributed by atoms with Gasteiger partial charge < -0.3 is 9.80 Å². The van der Waals surface area contributed by atoms with E-state index >= 15 is 0 Å². The Bertz CT molecular complexity index is 290. The van der Waals surface area contributed by atoms with Crippen LogP contribution in [0.1, 0.15) is 6.42 Å². The van der Waals surface area contributed by atoms with Gasteiger partial charge in [-0.25, -0.2) is 0 Å². The van der Waals surface area contributed by atoms with Crippen molar-refractivity contribution in [2.45, 2.75) is 6.42 Å². The van der Waals surface area contributed by atoms with Gasteiger partial charge in [0, 0.05) is 25.5 Å². The lowest BCUT2D eigenvalue weighted by Gasteiger charge is -2.17. The van der Waals surface area contributed by atoms with Crippen LogP contribution in [-0.2, 0) is 0 Å². The van der Waals surface area contributed by atoms with E-state index in [-0.39, 0.29) is 0 Å². The minimum absolute atomic E-state index is 1.16. The van der Waals surface area contributed by atoms with E-state index < -0.39 is 0 Å². The van der Waals surface area contributed by atoms with Crippen molar-refractivity contribution in [3.05, 3.63) is 33.3 Å². The fourth-order valence-corrected chi connectivity index (χ4v) is 3.69. The summed E-state index contributed by atoms with van der Waals surface area (Å²) in [5, 5.41) is 7.16. The highest BCUT2D eigenvalue weighted by atomic mass is 32.2. The third kappa shape index (κ3) is 1.20. The zero-order chi connectivity index (χ0) is 8.67. The lowest BCUT2D eigenvalue weighted by Crippen LogP contribution is -2.12. The van der Waals surface area contributed by atoms with Gasteiger partial charge >= 0.3 is 0 Å². The lowest BCUT2D eigenvalue weighted by molar-refractivity contribution is 0.461. The molecule has 3 aliphatic rings. The first kappa shape index (κ1) is 7.88. The molecule has 0 aromatic heterocycles. The van der Waals surface area contributed by atoms with Gasteiger partial charge in [-0.15, -0.1) is 0 Å². The first-order chi connectivity index (χ1) is 6.45. The maximum atomic E-state index is 2.36. The molecule has 0 saturated carbocycles. The minimum Gasteiger partial charge on any atom is -0.340 e. The van der Waals surface area contributed by atoms with E-state index in [4.69, 9.17) is 0 Å². The third-order valence-corrected chi connectivity index (χ3v) is 4.29. The molecule has 4 heteroatoms. The van der Waals surface area contributed by atoms with Gasteiger partial charge in [-0.2, -0.15) is 0 Å². The van der Waals surface area contributed by atoms with Gasteiger partial charge in [-0.1, -0.05) is 23.5 Å². The average molecular weight is 210 g/mol. The molecule has 68 valence electrons. The highest BCUT2D eigenvalue weighted by molar-refractivity contribution is 8.09. The van der Waals surface area contributed by atoms with E-state index in [0.717, 1.165) is 13.1 Å². The predicted molar refractivity (Wildman–Crippen MR) is 58.5 cm³/mol. The summed E-state index contributed by atoms with van der Waals surface area (Å²) in [6.45, 7) is 2.32. The molecule has 0 aromatic rings. The Morgan fingerprint density at radius 1 is 0.923 bits per heavy atom. The molecule has 0 amide bonds. The number of nitrogens with zero attached hydrogens (tertiary/aromatic N) is 2. The standard InChI is InChI=1S/C9H10N2S2/c1-2-10-4-6-12-8(10)9-11(3-1)5-7-13-9/h4-7H,1-3H2. The van der Waals surface area contributed by atoms with Crippen LogP contribution in [0.25, 0.3) is 0 Å².